The van der Waals surface area contributed by atoms with Gasteiger partial charge in [0.2, 0.25) is 41.4 Å². The number of hydrogen-bond acceptors (Lipinski definition) is 16. The summed E-state index contributed by atoms with van der Waals surface area (Å²) in [5.74, 6) is -2.73. The fourth-order valence-corrected chi connectivity index (χ4v) is 7.36. The van der Waals surface area contributed by atoms with Gasteiger partial charge in [-0.15, -0.1) is 99.3 Å². The van der Waals surface area contributed by atoms with Gasteiger partial charge >= 0.3 is 0 Å². The number of unbranched alkanes of at least 4 members (excludes halogenated alkanes) is 8. The van der Waals surface area contributed by atoms with Crippen molar-refractivity contribution in [2.75, 3.05) is 72.0 Å². The van der Waals surface area contributed by atoms with Crippen LogP contribution in [0.15, 0.2) is 5.11 Å². The summed E-state index contributed by atoms with van der Waals surface area (Å²) >= 11 is 0. The first-order valence-electron chi connectivity index (χ1n) is 26.0. The zero-order valence-electron chi connectivity index (χ0n) is 45.8. The fourth-order valence-electron chi connectivity index (χ4n) is 7.36. The van der Waals surface area contributed by atoms with Crippen LogP contribution in [0.25, 0.3) is 10.4 Å². The first-order valence-corrected chi connectivity index (χ1v) is 26.0. The highest BCUT2D eigenvalue weighted by Crippen LogP contribution is 2.09. The predicted molar refractivity (Wildman–Crippen MR) is 334 cm³/mol. The molecule has 22 N–H and O–H groups in total. The van der Waals surface area contributed by atoms with Crippen LogP contribution in [0.2, 0.25) is 0 Å². The van der Waals surface area contributed by atoms with E-state index in [4.69, 9.17) is 51.4 Å². The standard InChI is InChI=1S/C46H94N18O7.8ClH/c47-23-9-3-16-34(51)41(66)56-27-14-7-20-38(61-43(68)36(53)18-5-11-25-49)45(70)58-30-32-64(40(65)22-2-1-13-29-60-63-55)33-31-59-46(71)39(62-44(69)37(54)19-6-12-26-50)21-8-15-28-57-42(67)35(52)17-4-10-24-48;;;;;;;;/h34-39H,1-33,47-54H2,(H,56,66)(H,57,67)(H,58,70)(H,59,71)(H,61,68)(H,62,69);8*1H. The number of hydrogen-bond donors (Lipinski definition) is 14. The first-order chi connectivity index (χ1) is 34.2. The second kappa shape index (κ2) is 64.8. The van der Waals surface area contributed by atoms with Gasteiger partial charge in [-0.25, -0.2) is 0 Å². The van der Waals surface area contributed by atoms with Crippen LogP contribution < -0.4 is 77.8 Å². The van der Waals surface area contributed by atoms with E-state index in [1.165, 1.54) is 4.90 Å². The summed E-state index contributed by atoms with van der Waals surface area (Å²) in [5, 5.41) is 20.4. The average molecular weight is 1300 g/mol. The van der Waals surface area contributed by atoms with Gasteiger partial charge in [-0.05, 0) is 134 Å². The summed E-state index contributed by atoms with van der Waals surface area (Å²) in [7, 11) is 0. The first kappa shape index (κ1) is 95.8. The van der Waals surface area contributed by atoms with E-state index in [1.807, 2.05) is 0 Å². The Morgan fingerprint density at radius 1 is 0.392 bits per heavy atom. The van der Waals surface area contributed by atoms with Crippen LogP contribution in [-0.2, 0) is 33.6 Å². The number of amides is 7. The van der Waals surface area contributed by atoms with E-state index in [0.717, 1.165) is 25.7 Å². The molecule has 0 aromatic rings. The lowest BCUT2D eigenvalue weighted by Crippen LogP contribution is -2.53. The summed E-state index contributed by atoms with van der Waals surface area (Å²) in [6.07, 6.45) is 11.8. The zero-order valence-corrected chi connectivity index (χ0v) is 52.4. The van der Waals surface area contributed by atoms with E-state index in [1.54, 1.807) is 0 Å². The van der Waals surface area contributed by atoms with Crippen molar-refractivity contribution in [2.24, 2.45) is 51.0 Å². The van der Waals surface area contributed by atoms with Crippen molar-refractivity contribution in [1.29, 1.82) is 0 Å². The van der Waals surface area contributed by atoms with E-state index in [-0.39, 0.29) is 162 Å². The van der Waals surface area contributed by atoms with E-state index in [9.17, 15) is 33.6 Å². The van der Waals surface area contributed by atoms with Gasteiger partial charge in [0.15, 0.2) is 0 Å². The van der Waals surface area contributed by atoms with Gasteiger partial charge in [0.05, 0.1) is 24.2 Å². The largest absolute Gasteiger partial charge is 0.355 e. The Balaban J connectivity index is -0.000000875. The van der Waals surface area contributed by atoms with Gasteiger partial charge in [-0.2, -0.15) is 0 Å². The highest BCUT2D eigenvalue weighted by molar-refractivity contribution is 5.91. The maximum Gasteiger partial charge on any atom is 0.242 e. The van der Waals surface area contributed by atoms with Crippen molar-refractivity contribution in [1.82, 2.24) is 36.8 Å². The van der Waals surface area contributed by atoms with Gasteiger partial charge in [0.25, 0.3) is 0 Å². The van der Waals surface area contributed by atoms with Crippen molar-refractivity contribution in [2.45, 2.75) is 178 Å². The molecule has 0 aliphatic rings. The van der Waals surface area contributed by atoms with E-state index in [2.05, 4.69) is 41.9 Å². The Hall–Kier alpha value is -2.40. The third kappa shape index (κ3) is 51.0. The maximum atomic E-state index is 13.7. The van der Waals surface area contributed by atoms with Crippen molar-refractivity contribution in [3.63, 3.8) is 0 Å². The fraction of sp³-hybridized carbons (Fsp3) is 0.848. The lowest BCUT2D eigenvalue weighted by molar-refractivity contribution is -0.133. The van der Waals surface area contributed by atoms with Crippen LogP contribution in [0.4, 0.5) is 0 Å². The Labute approximate surface area is 518 Å². The minimum Gasteiger partial charge on any atom is -0.355 e. The lowest BCUT2D eigenvalue weighted by atomic mass is 10.1. The molecule has 6 unspecified atom stereocenters. The van der Waals surface area contributed by atoms with Crippen LogP contribution in [0.3, 0.4) is 0 Å². The van der Waals surface area contributed by atoms with Crippen LogP contribution in [0, 0.1) is 0 Å². The van der Waals surface area contributed by atoms with Crippen LogP contribution in [0.5, 0.6) is 0 Å². The zero-order chi connectivity index (χ0) is 53.1. The molecule has 0 aromatic carbocycles. The number of rotatable bonds is 46. The Morgan fingerprint density at radius 3 is 1.04 bits per heavy atom. The summed E-state index contributed by atoms with van der Waals surface area (Å²) < 4.78 is 0. The summed E-state index contributed by atoms with van der Waals surface area (Å²) in [5.41, 5.74) is 55.2. The minimum atomic E-state index is -0.960. The molecule has 7 amide bonds. The van der Waals surface area contributed by atoms with E-state index >= 15 is 0 Å². The smallest absolute Gasteiger partial charge is 0.242 e. The highest BCUT2D eigenvalue weighted by atomic mass is 35.5. The number of halogens is 8. The maximum absolute atomic E-state index is 13.7. The molecule has 0 aliphatic heterocycles. The number of azide groups is 1. The van der Waals surface area contributed by atoms with Gasteiger partial charge in [0.1, 0.15) is 12.1 Å². The molecule has 25 nitrogen and oxygen atoms in total. The molecule has 0 aromatic heterocycles. The lowest BCUT2D eigenvalue weighted by Gasteiger charge is -2.26. The number of nitrogens with two attached hydrogens (primary N) is 8. The molecule has 0 saturated heterocycles. The molecule has 474 valence electrons. The Morgan fingerprint density at radius 2 is 0.709 bits per heavy atom. The van der Waals surface area contributed by atoms with Crippen LogP contribution in [-0.4, -0.2) is 154 Å². The third-order valence-electron chi connectivity index (χ3n) is 11.9. The number of carbonyl (C=O) groups excluding carboxylic acids is 7. The molecule has 0 heterocycles. The second-order valence-corrected chi connectivity index (χ2v) is 18.0. The normalized spacial score (nSPS) is 12.2. The number of nitrogens with zero attached hydrogens (tertiary/aromatic N) is 4. The third-order valence-corrected chi connectivity index (χ3v) is 11.9. The van der Waals surface area contributed by atoms with Crippen molar-refractivity contribution in [3.05, 3.63) is 10.4 Å². The van der Waals surface area contributed by atoms with Crippen LogP contribution in [0.1, 0.15) is 141 Å². The van der Waals surface area contributed by atoms with E-state index in [0.29, 0.717) is 142 Å². The van der Waals surface area contributed by atoms with Crippen LogP contribution >= 0.6 is 99.3 Å². The Bertz CT molecular complexity index is 1490. The average Bonchev–Trinajstić information content (AvgIpc) is 3.35. The SMILES string of the molecule is Cl.Cl.Cl.Cl.Cl.Cl.Cl.Cl.[N-]=[N+]=NCCCCCC(=O)N(CCNC(=O)C(CCCCNC(=O)C(N)CCCCN)NC(=O)C(N)CCCCN)CCNC(=O)C(CCCCNC(=O)C(N)CCCCN)NC(=O)C(N)CCCCN. The molecule has 0 spiro atoms. The van der Waals surface area contributed by atoms with Crippen molar-refractivity contribution < 1.29 is 33.6 Å². The summed E-state index contributed by atoms with van der Waals surface area (Å²) in [6.45, 7) is 3.07. The van der Waals surface area contributed by atoms with E-state index < -0.39 is 59.9 Å². The quantitative estimate of drug-likeness (QED) is 0.0178. The minimum absolute atomic E-state index is 0. The van der Waals surface area contributed by atoms with Gasteiger partial charge < -0.3 is 82.7 Å². The summed E-state index contributed by atoms with van der Waals surface area (Å²) in [6, 6.07) is -4.93. The molecule has 33 heteroatoms. The number of carbonyl (C=O) groups is 7. The molecule has 0 bridgehead atoms. The monoisotopic (exact) mass is 1300 g/mol. The summed E-state index contributed by atoms with van der Waals surface area (Å²) in [4.78, 5) is 96.3. The Kier molecular flexibility index (Phi) is 78.5. The topological polar surface area (TPSA) is 452 Å². The molecular formula is C46H102Cl8N18O7. The van der Waals surface area contributed by atoms with Gasteiger partial charge in [-0.1, -0.05) is 37.2 Å². The molecule has 0 saturated carbocycles. The second-order valence-electron chi connectivity index (χ2n) is 18.0. The molecule has 6 atom stereocenters. The van der Waals surface area contributed by atoms with Gasteiger partial charge in [-0.3, -0.25) is 33.6 Å². The molecule has 79 heavy (non-hydrogen) atoms. The highest BCUT2D eigenvalue weighted by Gasteiger charge is 2.26. The molecule has 0 fully saturated rings. The van der Waals surface area contributed by atoms with Crippen molar-refractivity contribution in [3.8, 4) is 0 Å². The predicted octanol–water partition coefficient (Wildman–Crippen LogP) is 1.66. The van der Waals surface area contributed by atoms with Crippen molar-refractivity contribution >= 4 is 141 Å². The molecule has 0 rings (SSSR count). The number of nitrogens with one attached hydrogen (secondary N) is 6. The molecular weight excluding hydrogens is 1200 g/mol. The van der Waals surface area contributed by atoms with Gasteiger partial charge in [0, 0.05) is 57.1 Å². The molecule has 0 aliphatic carbocycles. The molecule has 0 radical (unpaired) electrons.